The highest BCUT2D eigenvalue weighted by Gasteiger charge is 2.19. The normalized spacial score (nSPS) is 21.7. The van der Waals surface area contributed by atoms with Crippen LogP contribution in [0.15, 0.2) is 24.4 Å². The molecule has 1 aromatic heterocycles. The number of hydrogen-bond acceptors (Lipinski definition) is 3. The number of fused-ring (bicyclic) bond motifs is 1. The molecular weight excluding hydrogens is 286 g/mol. The van der Waals surface area contributed by atoms with Crippen molar-refractivity contribution in [3.8, 4) is 0 Å². The fourth-order valence-corrected chi connectivity index (χ4v) is 3.69. The van der Waals surface area contributed by atoms with Gasteiger partial charge in [0.15, 0.2) is 11.1 Å². The van der Waals surface area contributed by atoms with Crippen LogP contribution in [0.3, 0.4) is 0 Å². The predicted octanol–water partition coefficient (Wildman–Crippen LogP) is 1.90. The van der Waals surface area contributed by atoms with Crippen LogP contribution in [-0.4, -0.2) is 33.4 Å². The van der Waals surface area contributed by atoms with Crippen LogP contribution in [0.1, 0.15) is 29.3 Å². The van der Waals surface area contributed by atoms with Crippen LogP contribution < -0.4 is 10.6 Å². The predicted molar refractivity (Wildman–Crippen MR) is 85.6 cm³/mol. The zero-order valence-corrected chi connectivity index (χ0v) is 12.9. The smallest absolute Gasteiger partial charge is 0.175 e. The highest BCUT2D eigenvalue weighted by atomic mass is 32.2. The van der Waals surface area contributed by atoms with Crippen molar-refractivity contribution in [1.82, 2.24) is 15.6 Å². The lowest BCUT2D eigenvalue weighted by molar-refractivity contribution is 0.538. The Bertz CT molecular complexity index is 649. The number of rotatable bonds is 5. The van der Waals surface area contributed by atoms with Gasteiger partial charge in [0, 0.05) is 23.1 Å². The van der Waals surface area contributed by atoms with Crippen LogP contribution in [0.25, 0.3) is 10.9 Å². The molecule has 3 atom stereocenters. The highest BCUT2D eigenvalue weighted by molar-refractivity contribution is 7.79. The van der Waals surface area contributed by atoms with Crippen molar-refractivity contribution >= 4 is 22.0 Å². The number of aromatic amines is 1. The van der Waals surface area contributed by atoms with Crippen LogP contribution in [0, 0.1) is 0 Å². The van der Waals surface area contributed by atoms with Gasteiger partial charge in [-0.15, -0.1) is 0 Å². The molecule has 0 bridgehead atoms. The number of benzene rings is 1. The molecule has 0 amide bonds. The van der Waals surface area contributed by atoms with Gasteiger partial charge >= 0.3 is 0 Å². The first-order valence-corrected chi connectivity index (χ1v) is 8.46. The van der Waals surface area contributed by atoms with Gasteiger partial charge in [-0.25, -0.2) is 4.21 Å². The van der Waals surface area contributed by atoms with Gasteiger partial charge < -0.3 is 20.2 Å². The molecule has 0 radical (unpaired) electrons. The van der Waals surface area contributed by atoms with E-state index in [0.717, 1.165) is 29.4 Å². The minimum atomic E-state index is -1.93. The number of hydrogen-bond donors (Lipinski definition) is 4. The lowest BCUT2D eigenvalue weighted by Gasteiger charge is -2.13. The van der Waals surface area contributed by atoms with Gasteiger partial charge in [0.2, 0.25) is 0 Å². The van der Waals surface area contributed by atoms with E-state index in [4.69, 9.17) is 0 Å². The second-order valence-electron chi connectivity index (χ2n) is 5.56. The Morgan fingerprint density at radius 2 is 2.38 bits per heavy atom. The first-order chi connectivity index (χ1) is 10.2. The average molecular weight is 307 g/mol. The molecule has 2 heterocycles. The Balaban J connectivity index is 1.93. The van der Waals surface area contributed by atoms with E-state index in [1.165, 1.54) is 18.4 Å². The van der Waals surface area contributed by atoms with Crippen LogP contribution in [0.2, 0.25) is 0 Å². The summed E-state index contributed by atoms with van der Waals surface area (Å²) < 4.78 is 20.8. The monoisotopic (exact) mass is 307 g/mol. The Morgan fingerprint density at radius 1 is 1.52 bits per heavy atom. The molecule has 0 aliphatic carbocycles. The standard InChI is InChI=1S/C15H21N3O2S/c1-16-15(21(19)20)10-4-5-14-13(8-10)11(9-18-14)7-12-3-2-6-17-12/h4-5,8-9,12,15-18H,2-3,6-7H2,1H3,(H,19,20). The zero-order chi connectivity index (χ0) is 14.8. The summed E-state index contributed by atoms with van der Waals surface area (Å²) in [7, 11) is 1.70. The molecule has 1 aliphatic rings. The lowest BCUT2D eigenvalue weighted by Crippen LogP contribution is -2.23. The zero-order valence-electron chi connectivity index (χ0n) is 12.1. The molecule has 6 heteroatoms. The third-order valence-electron chi connectivity index (χ3n) is 4.19. The molecule has 2 aromatic rings. The van der Waals surface area contributed by atoms with Crippen molar-refractivity contribution in [1.29, 1.82) is 0 Å². The number of nitrogens with one attached hydrogen (secondary N) is 3. The number of aromatic nitrogens is 1. The van der Waals surface area contributed by atoms with E-state index in [0.29, 0.717) is 6.04 Å². The molecule has 1 aromatic carbocycles. The van der Waals surface area contributed by atoms with E-state index in [-0.39, 0.29) is 0 Å². The molecule has 0 saturated carbocycles. The average Bonchev–Trinajstić information content (AvgIpc) is 3.10. The maximum Gasteiger partial charge on any atom is 0.175 e. The van der Waals surface area contributed by atoms with Crippen molar-refractivity contribution in [2.24, 2.45) is 0 Å². The summed E-state index contributed by atoms with van der Waals surface area (Å²) in [4.78, 5) is 3.29. The van der Waals surface area contributed by atoms with Crippen LogP contribution in [0.5, 0.6) is 0 Å². The summed E-state index contributed by atoms with van der Waals surface area (Å²) in [6.45, 7) is 1.10. The van der Waals surface area contributed by atoms with Crippen molar-refractivity contribution in [2.75, 3.05) is 13.6 Å². The van der Waals surface area contributed by atoms with Gasteiger partial charge in [-0.05, 0) is 56.1 Å². The van der Waals surface area contributed by atoms with Gasteiger partial charge in [0.25, 0.3) is 0 Å². The fourth-order valence-electron chi connectivity index (χ4n) is 3.11. The van der Waals surface area contributed by atoms with E-state index in [2.05, 4.69) is 21.8 Å². The van der Waals surface area contributed by atoms with Crippen molar-refractivity contribution in [2.45, 2.75) is 30.7 Å². The first kappa shape index (κ1) is 14.7. The van der Waals surface area contributed by atoms with E-state index in [1.54, 1.807) is 7.05 Å². The Hall–Kier alpha value is -1.21. The van der Waals surface area contributed by atoms with Crippen molar-refractivity contribution in [3.05, 3.63) is 35.5 Å². The van der Waals surface area contributed by atoms with Crippen molar-refractivity contribution < 1.29 is 8.76 Å². The highest BCUT2D eigenvalue weighted by Crippen LogP contribution is 2.26. The van der Waals surface area contributed by atoms with Gasteiger partial charge in [-0.2, -0.15) is 0 Å². The second-order valence-corrected chi connectivity index (χ2v) is 6.58. The maximum absolute atomic E-state index is 11.4. The van der Waals surface area contributed by atoms with E-state index in [9.17, 15) is 8.76 Å². The second kappa shape index (κ2) is 6.27. The molecule has 4 N–H and O–H groups in total. The van der Waals surface area contributed by atoms with E-state index >= 15 is 0 Å². The van der Waals surface area contributed by atoms with Crippen LogP contribution in [-0.2, 0) is 17.5 Å². The van der Waals surface area contributed by atoms with Crippen LogP contribution in [0.4, 0.5) is 0 Å². The number of H-pyrrole nitrogens is 1. The Kier molecular flexibility index (Phi) is 4.40. The summed E-state index contributed by atoms with van der Waals surface area (Å²) in [5.41, 5.74) is 3.18. The van der Waals surface area contributed by atoms with Gasteiger partial charge in [-0.3, -0.25) is 0 Å². The summed E-state index contributed by atoms with van der Waals surface area (Å²) in [5.74, 6) is 0. The van der Waals surface area contributed by atoms with Gasteiger partial charge in [0.1, 0.15) is 5.37 Å². The minimum Gasteiger partial charge on any atom is -0.361 e. The lowest BCUT2D eigenvalue weighted by atomic mass is 10.0. The van der Waals surface area contributed by atoms with E-state index in [1.807, 2.05) is 18.2 Å². The van der Waals surface area contributed by atoms with Gasteiger partial charge in [0.05, 0.1) is 0 Å². The molecule has 1 aliphatic heterocycles. The fraction of sp³-hybridized carbons (Fsp3) is 0.467. The Morgan fingerprint density at radius 3 is 3.05 bits per heavy atom. The van der Waals surface area contributed by atoms with Crippen molar-refractivity contribution in [3.63, 3.8) is 0 Å². The molecule has 5 nitrogen and oxygen atoms in total. The van der Waals surface area contributed by atoms with Crippen LogP contribution >= 0.6 is 0 Å². The summed E-state index contributed by atoms with van der Waals surface area (Å²) >= 11 is -1.93. The largest absolute Gasteiger partial charge is 0.361 e. The summed E-state index contributed by atoms with van der Waals surface area (Å²) in [5, 5.41) is 7.00. The topological polar surface area (TPSA) is 77.2 Å². The Labute approximate surface area is 126 Å². The summed E-state index contributed by atoms with van der Waals surface area (Å²) in [6, 6.07) is 6.43. The van der Waals surface area contributed by atoms with E-state index < -0.39 is 16.5 Å². The molecule has 114 valence electrons. The third-order valence-corrected chi connectivity index (χ3v) is 5.10. The molecule has 0 spiro atoms. The quantitative estimate of drug-likeness (QED) is 0.636. The third kappa shape index (κ3) is 3.03. The van der Waals surface area contributed by atoms with Gasteiger partial charge in [-0.1, -0.05) is 6.07 Å². The molecule has 21 heavy (non-hydrogen) atoms. The molecule has 1 fully saturated rings. The molecule has 1 saturated heterocycles. The summed E-state index contributed by atoms with van der Waals surface area (Å²) in [6.07, 6.45) is 5.50. The molecule has 3 rings (SSSR count). The molecular formula is C15H21N3O2S. The SMILES string of the molecule is CNC(c1ccc2[nH]cc(CC3CCCN3)c2c1)S(=O)O. The molecule has 3 unspecified atom stereocenters. The minimum absolute atomic E-state index is 0.541. The maximum atomic E-state index is 11.4. The first-order valence-electron chi connectivity index (χ1n) is 7.29.